The number of aromatic amines is 1. The second kappa shape index (κ2) is 8.90. The van der Waals surface area contributed by atoms with Crippen molar-refractivity contribution in [2.24, 2.45) is 0 Å². The quantitative estimate of drug-likeness (QED) is 0.470. The average molecular weight is 444 g/mol. The van der Waals surface area contributed by atoms with Gasteiger partial charge < -0.3 is 19.7 Å². The number of hydrogen-bond acceptors (Lipinski definition) is 5. The van der Waals surface area contributed by atoms with Crippen molar-refractivity contribution in [1.29, 1.82) is 0 Å². The molecule has 0 unspecified atom stereocenters. The van der Waals surface area contributed by atoms with E-state index >= 15 is 0 Å². The van der Waals surface area contributed by atoms with Gasteiger partial charge in [0.05, 0.1) is 5.92 Å². The first-order chi connectivity index (χ1) is 16.1. The Balaban J connectivity index is 1.31. The molecule has 2 aromatic carbocycles. The van der Waals surface area contributed by atoms with Gasteiger partial charge in [-0.1, -0.05) is 42.4 Å². The zero-order valence-corrected chi connectivity index (χ0v) is 18.4. The van der Waals surface area contributed by atoms with Crippen LogP contribution in [0.4, 0.5) is 5.69 Å². The molecule has 8 nitrogen and oxygen atoms in total. The minimum atomic E-state index is -0.0529. The van der Waals surface area contributed by atoms with Crippen LogP contribution < -0.4 is 5.32 Å². The van der Waals surface area contributed by atoms with Gasteiger partial charge in [-0.2, -0.15) is 4.98 Å². The summed E-state index contributed by atoms with van der Waals surface area (Å²) in [5.74, 6) is 0.910. The van der Waals surface area contributed by atoms with Crippen molar-refractivity contribution in [2.45, 2.75) is 32.1 Å². The Morgan fingerprint density at radius 3 is 2.91 bits per heavy atom. The van der Waals surface area contributed by atoms with Crippen molar-refractivity contribution in [1.82, 2.24) is 20.0 Å². The molecule has 1 aliphatic heterocycles. The van der Waals surface area contributed by atoms with Gasteiger partial charge in [0.1, 0.15) is 5.69 Å². The minimum Gasteiger partial charge on any atom is -0.351 e. The summed E-state index contributed by atoms with van der Waals surface area (Å²) in [7, 11) is 0. The fourth-order valence-corrected chi connectivity index (χ4v) is 4.23. The summed E-state index contributed by atoms with van der Waals surface area (Å²) < 4.78 is 5.59. The monoisotopic (exact) mass is 443 g/mol. The SMILES string of the molecule is CCC(=O)Nc1cccc(-c2noc([C@H]3CCCN(C(=O)c4cc5ccccc5[nH]4)C3)n2)c1. The van der Waals surface area contributed by atoms with E-state index < -0.39 is 0 Å². The van der Waals surface area contributed by atoms with Crippen LogP contribution in [0.2, 0.25) is 0 Å². The predicted octanol–water partition coefficient (Wildman–Crippen LogP) is 4.59. The number of hydrogen-bond donors (Lipinski definition) is 2. The summed E-state index contributed by atoms with van der Waals surface area (Å²) >= 11 is 0. The van der Waals surface area contributed by atoms with Gasteiger partial charge in [-0.05, 0) is 37.1 Å². The van der Waals surface area contributed by atoms with Crippen LogP contribution in [0.1, 0.15) is 48.5 Å². The number of aromatic nitrogens is 3. The molecule has 0 aliphatic carbocycles. The van der Waals surface area contributed by atoms with E-state index in [1.165, 1.54) is 0 Å². The second-order valence-corrected chi connectivity index (χ2v) is 8.30. The van der Waals surface area contributed by atoms with E-state index in [-0.39, 0.29) is 17.7 Å². The summed E-state index contributed by atoms with van der Waals surface area (Å²) in [6.45, 7) is 3.04. The first-order valence-electron chi connectivity index (χ1n) is 11.2. The first-order valence-corrected chi connectivity index (χ1v) is 11.2. The molecule has 33 heavy (non-hydrogen) atoms. The Labute approximate surface area is 191 Å². The summed E-state index contributed by atoms with van der Waals surface area (Å²) in [5.41, 5.74) is 3.00. The number of carbonyl (C=O) groups is 2. The van der Waals surface area contributed by atoms with Crippen molar-refractivity contribution in [2.75, 3.05) is 18.4 Å². The number of amides is 2. The molecule has 5 rings (SSSR count). The van der Waals surface area contributed by atoms with E-state index in [9.17, 15) is 9.59 Å². The van der Waals surface area contributed by atoms with Crippen LogP contribution in [0.3, 0.4) is 0 Å². The number of rotatable bonds is 5. The summed E-state index contributed by atoms with van der Waals surface area (Å²) in [6, 6.07) is 17.1. The van der Waals surface area contributed by atoms with E-state index in [1.54, 1.807) is 6.92 Å². The number of para-hydroxylation sites is 1. The number of nitrogens with one attached hydrogen (secondary N) is 2. The molecule has 1 fully saturated rings. The number of anilines is 1. The molecule has 2 amide bonds. The lowest BCUT2D eigenvalue weighted by atomic mass is 9.97. The van der Waals surface area contributed by atoms with Gasteiger partial charge in [-0.15, -0.1) is 0 Å². The Kier molecular flexibility index (Phi) is 5.64. The predicted molar refractivity (Wildman–Crippen MR) is 125 cm³/mol. The van der Waals surface area contributed by atoms with Gasteiger partial charge in [-0.3, -0.25) is 9.59 Å². The molecular weight excluding hydrogens is 418 g/mol. The maximum Gasteiger partial charge on any atom is 0.270 e. The highest BCUT2D eigenvalue weighted by molar-refractivity contribution is 5.98. The van der Waals surface area contributed by atoms with Gasteiger partial charge in [0.2, 0.25) is 17.6 Å². The van der Waals surface area contributed by atoms with E-state index in [1.807, 2.05) is 59.5 Å². The minimum absolute atomic E-state index is 0.0173. The summed E-state index contributed by atoms with van der Waals surface area (Å²) in [6.07, 6.45) is 2.16. The van der Waals surface area contributed by atoms with Gasteiger partial charge in [-0.25, -0.2) is 0 Å². The topological polar surface area (TPSA) is 104 Å². The third-order valence-electron chi connectivity index (χ3n) is 5.99. The normalized spacial score (nSPS) is 16.2. The largest absolute Gasteiger partial charge is 0.351 e. The summed E-state index contributed by atoms with van der Waals surface area (Å²) in [4.78, 5) is 34.5. The maximum atomic E-state index is 13.1. The molecule has 0 saturated carbocycles. The Morgan fingerprint density at radius 2 is 2.06 bits per heavy atom. The standard InChI is InChI=1S/C25H25N5O3/c1-2-22(31)26-19-10-5-8-17(13-19)23-28-24(33-29-23)18-9-6-12-30(15-18)25(32)21-14-16-7-3-4-11-20(16)27-21/h3-5,7-8,10-11,13-14,18,27H,2,6,9,12,15H2,1H3,(H,26,31)/t18-/m0/s1. The van der Waals surface area contributed by atoms with Gasteiger partial charge >= 0.3 is 0 Å². The highest BCUT2D eigenvalue weighted by atomic mass is 16.5. The Bertz CT molecular complexity index is 1280. The van der Waals surface area contributed by atoms with Crippen molar-refractivity contribution in [3.63, 3.8) is 0 Å². The van der Waals surface area contributed by atoms with Crippen molar-refractivity contribution in [3.8, 4) is 11.4 Å². The summed E-state index contributed by atoms with van der Waals surface area (Å²) in [5, 5.41) is 8.02. The smallest absolute Gasteiger partial charge is 0.270 e. The van der Waals surface area contributed by atoms with Crippen molar-refractivity contribution < 1.29 is 14.1 Å². The molecule has 2 aromatic heterocycles. The van der Waals surface area contributed by atoms with Crippen molar-refractivity contribution in [3.05, 3.63) is 66.2 Å². The van der Waals surface area contributed by atoms with E-state index in [4.69, 9.17) is 4.52 Å². The fourth-order valence-electron chi connectivity index (χ4n) is 4.23. The third-order valence-corrected chi connectivity index (χ3v) is 5.99. The first kappa shape index (κ1) is 20.9. The highest BCUT2D eigenvalue weighted by Crippen LogP contribution is 2.29. The van der Waals surface area contributed by atoms with E-state index in [0.29, 0.717) is 42.6 Å². The number of nitrogens with zero attached hydrogens (tertiary/aromatic N) is 3. The molecule has 8 heteroatoms. The van der Waals surface area contributed by atoms with Crippen LogP contribution in [-0.4, -0.2) is 44.9 Å². The molecule has 168 valence electrons. The van der Waals surface area contributed by atoms with E-state index in [2.05, 4.69) is 20.4 Å². The number of fused-ring (bicyclic) bond motifs is 1. The molecule has 2 N–H and O–H groups in total. The Morgan fingerprint density at radius 1 is 1.18 bits per heavy atom. The number of piperidine rings is 1. The van der Waals surface area contributed by atoms with Crippen LogP contribution in [-0.2, 0) is 4.79 Å². The van der Waals surface area contributed by atoms with Gasteiger partial charge in [0, 0.05) is 41.7 Å². The number of likely N-dealkylation sites (tertiary alicyclic amines) is 1. The van der Waals surface area contributed by atoms with Gasteiger partial charge in [0.15, 0.2) is 0 Å². The zero-order chi connectivity index (χ0) is 22.8. The van der Waals surface area contributed by atoms with Gasteiger partial charge in [0.25, 0.3) is 5.91 Å². The molecule has 1 atom stereocenters. The second-order valence-electron chi connectivity index (χ2n) is 8.30. The van der Waals surface area contributed by atoms with Crippen LogP contribution >= 0.6 is 0 Å². The Hall–Kier alpha value is -3.94. The third kappa shape index (κ3) is 4.37. The molecule has 1 aliphatic rings. The number of H-pyrrole nitrogens is 1. The van der Waals surface area contributed by atoms with Crippen molar-refractivity contribution >= 4 is 28.4 Å². The molecule has 4 aromatic rings. The molecule has 0 radical (unpaired) electrons. The lowest BCUT2D eigenvalue weighted by molar-refractivity contribution is -0.115. The van der Waals surface area contributed by atoms with Crippen LogP contribution in [0.25, 0.3) is 22.3 Å². The molecular formula is C25H25N5O3. The molecule has 0 spiro atoms. The lowest BCUT2D eigenvalue weighted by Gasteiger charge is -2.30. The molecule has 3 heterocycles. The van der Waals surface area contributed by atoms with Crippen LogP contribution in [0.15, 0.2) is 59.1 Å². The van der Waals surface area contributed by atoms with Crippen LogP contribution in [0.5, 0.6) is 0 Å². The van der Waals surface area contributed by atoms with E-state index in [0.717, 1.165) is 29.3 Å². The molecule has 0 bridgehead atoms. The van der Waals surface area contributed by atoms with Crippen LogP contribution in [0, 0.1) is 0 Å². The number of carbonyl (C=O) groups excluding carboxylic acids is 2. The lowest BCUT2D eigenvalue weighted by Crippen LogP contribution is -2.39. The highest BCUT2D eigenvalue weighted by Gasteiger charge is 2.30. The zero-order valence-electron chi connectivity index (χ0n) is 18.4. The average Bonchev–Trinajstić information content (AvgIpc) is 3.51. The molecule has 1 saturated heterocycles. The number of benzene rings is 2. The fraction of sp³-hybridized carbons (Fsp3) is 0.280. The maximum absolute atomic E-state index is 13.1.